The van der Waals surface area contributed by atoms with Gasteiger partial charge in [0.1, 0.15) is 11.9 Å². The molecule has 0 spiro atoms. The second-order valence-electron chi connectivity index (χ2n) is 2.91. The summed E-state index contributed by atoms with van der Waals surface area (Å²) in [5, 5.41) is 26.5. The maximum absolute atomic E-state index is 10.5. The molecule has 0 aromatic carbocycles. The summed E-state index contributed by atoms with van der Waals surface area (Å²) in [5.41, 5.74) is 0. The molecule has 0 aliphatic heterocycles. The lowest BCUT2D eigenvalue weighted by molar-refractivity contribution is -0.117. The number of aliphatic hydroxyl groups excluding tert-OH is 3. The van der Waals surface area contributed by atoms with Crippen LogP contribution in [0.25, 0.3) is 0 Å². The van der Waals surface area contributed by atoms with Crippen molar-refractivity contribution in [3.8, 4) is 0 Å². The molecule has 0 fully saturated rings. The van der Waals surface area contributed by atoms with Crippen molar-refractivity contribution < 1.29 is 20.1 Å². The molecule has 0 aliphatic rings. The number of ketones is 1. The Balaban J connectivity index is 3.43. The number of aliphatic hydroxyl groups is 3. The highest BCUT2D eigenvalue weighted by atomic mass is 16.4. The first kappa shape index (κ1) is 11.6. The average molecular weight is 176 g/mol. The van der Waals surface area contributed by atoms with E-state index in [1.807, 2.05) is 0 Å². The predicted molar refractivity (Wildman–Crippen MR) is 43.6 cm³/mol. The summed E-state index contributed by atoms with van der Waals surface area (Å²) in [6.45, 7) is 1.04. The molecule has 0 aromatic heterocycles. The maximum atomic E-state index is 10.5. The molecule has 4 nitrogen and oxygen atoms in total. The normalized spacial score (nSPS) is 15.7. The molecule has 0 amide bonds. The number of rotatable bonds is 6. The minimum absolute atomic E-state index is 0.0701. The van der Waals surface area contributed by atoms with E-state index in [0.29, 0.717) is 19.3 Å². The SMILES string of the molecule is CC(=O)CCC[C@H](O)[C@H](O)CO. The van der Waals surface area contributed by atoms with E-state index >= 15 is 0 Å². The minimum atomic E-state index is -1.09. The van der Waals surface area contributed by atoms with Gasteiger partial charge in [0, 0.05) is 6.42 Å². The quantitative estimate of drug-likeness (QED) is 0.508. The molecule has 72 valence electrons. The Morgan fingerprint density at radius 2 is 1.92 bits per heavy atom. The molecule has 0 radical (unpaired) electrons. The van der Waals surface area contributed by atoms with Crippen LogP contribution in [0.4, 0.5) is 0 Å². The molecule has 2 atom stereocenters. The molecule has 0 aliphatic carbocycles. The summed E-state index contributed by atoms with van der Waals surface area (Å²) in [4.78, 5) is 10.5. The van der Waals surface area contributed by atoms with E-state index in [-0.39, 0.29) is 5.78 Å². The van der Waals surface area contributed by atoms with Crippen molar-refractivity contribution in [2.24, 2.45) is 0 Å². The smallest absolute Gasteiger partial charge is 0.129 e. The van der Waals surface area contributed by atoms with Gasteiger partial charge in [-0.25, -0.2) is 0 Å². The first-order valence-corrected chi connectivity index (χ1v) is 4.04. The average Bonchev–Trinajstić information content (AvgIpc) is 2.02. The lowest BCUT2D eigenvalue weighted by Gasteiger charge is -2.14. The number of Topliss-reactive ketones (excluding diaryl/α,β-unsaturated/α-hetero) is 1. The van der Waals surface area contributed by atoms with Crippen LogP contribution in [0.5, 0.6) is 0 Å². The monoisotopic (exact) mass is 176 g/mol. The van der Waals surface area contributed by atoms with Crippen molar-refractivity contribution in [2.45, 2.75) is 38.4 Å². The third-order valence-corrected chi connectivity index (χ3v) is 1.66. The van der Waals surface area contributed by atoms with Crippen molar-refractivity contribution in [3.63, 3.8) is 0 Å². The Bertz CT molecular complexity index is 135. The molecule has 0 rings (SSSR count). The Hall–Kier alpha value is -0.450. The molecule has 0 aromatic rings. The van der Waals surface area contributed by atoms with Crippen LogP contribution >= 0.6 is 0 Å². The minimum Gasteiger partial charge on any atom is -0.394 e. The lowest BCUT2D eigenvalue weighted by Crippen LogP contribution is -2.29. The first-order valence-electron chi connectivity index (χ1n) is 4.04. The number of carbonyl (C=O) groups excluding carboxylic acids is 1. The molecule has 3 N–H and O–H groups in total. The molecule has 12 heavy (non-hydrogen) atoms. The lowest BCUT2D eigenvalue weighted by atomic mass is 10.1. The zero-order valence-electron chi connectivity index (χ0n) is 7.23. The Kier molecular flexibility index (Phi) is 5.88. The van der Waals surface area contributed by atoms with E-state index < -0.39 is 18.8 Å². The molecule has 0 saturated heterocycles. The molecule has 0 bridgehead atoms. The van der Waals surface area contributed by atoms with Crippen molar-refractivity contribution >= 4 is 5.78 Å². The Morgan fingerprint density at radius 1 is 1.33 bits per heavy atom. The van der Waals surface area contributed by atoms with Crippen molar-refractivity contribution in [2.75, 3.05) is 6.61 Å². The molecular weight excluding hydrogens is 160 g/mol. The van der Waals surface area contributed by atoms with E-state index in [1.54, 1.807) is 0 Å². The molecule has 0 heterocycles. The van der Waals surface area contributed by atoms with Gasteiger partial charge in [-0.3, -0.25) is 0 Å². The number of hydrogen-bond donors (Lipinski definition) is 3. The first-order chi connectivity index (χ1) is 5.57. The second-order valence-corrected chi connectivity index (χ2v) is 2.91. The van der Waals surface area contributed by atoms with Crippen LogP contribution in [-0.4, -0.2) is 39.9 Å². The van der Waals surface area contributed by atoms with Crippen LogP contribution in [0.2, 0.25) is 0 Å². The van der Waals surface area contributed by atoms with Crippen molar-refractivity contribution in [1.29, 1.82) is 0 Å². The third kappa shape index (κ3) is 5.23. The summed E-state index contributed by atoms with van der Waals surface area (Å²) in [6.07, 6.45) is -0.698. The van der Waals surface area contributed by atoms with Gasteiger partial charge < -0.3 is 20.1 Å². The maximum Gasteiger partial charge on any atom is 0.129 e. The van der Waals surface area contributed by atoms with E-state index in [9.17, 15) is 4.79 Å². The summed E-state index contributed by atoms with van der Waals surface area (Å²) >= 11 is 0. The zero-order chi connectivity index (χ0) is 9.56. The van der Waals surface area contributed by atoms with Crippen LogP contribution in [-0.2, 0) is 4.79 Å². The standard InChI is InChI=1S/C8H16O4/c1-6(10)3-2-4-7(11)8(12)5-9/h7-9,11-12H,2-5H2,1H3/t7-,8+/m0/s1. The summed E-state index contributed by atoms with van der Waals surface area (Å²) in [6, 6.07) is 0. The van der Waals surface area contributed by atoms with E-state index in [4.69, 9.17) is 15.3 Å². The van der Waals surface area contributed by atoms with Gasteiger partial charge in [-0.05, 0) is 19.8 Å². The highest BCUT2D eigenvalue weighted by Crippen LogP contribution is 2.04. The predicted octanol–water partition coefficient (Wildman–Crippen LogP) is -0.540. The van der Waals surface area contributed by atoms with Gasteiger partial charge in [0.25, 0.3) is 0 Å². The van der Waals surface area contributed by atoms with Crippen molar-refractivity contribution in [3.05, 3.63) is 0 Å². The highest BCUT2D eigenvalue weighted by molar-refractivity contribution is 5.75. The third-order valence-electron chi connectivity index (χ3n) is 1.66. The summed E-state index contributed by atoms with van der Waals surface area (Å²) < 4.78 is 0. The van der Waals surface area contributed by atoms with Gasteiger partial charge >= 0.3 is 0 Å². The Morgan fingerprint density at radius 3 is 2.33 bits per heavy atom. The van der Waals surface area contributed by atoms with Crippen LogP contribution in [0.15, 0.2) is 0 Å². The van der Waals surface area contributed by atoms with Gasteiger partial charge in [0.15, 0.2) is 0 Å². The van der Waals surface area contributed by atoms with E-state index in [2.05, 4.69) is 0 Å². The largest absolute Gasteiger partial charge is 0.394 e. The Labute approximate surface area is 71.8 Å². The van der Waals surface area contributed by atoms with Gasteiger partial charge in [-0.15, -0.1) is 0 Å². The van der Waals surface area contributed by atoms with Crippen molar-refractivity contribution in [1.82, 2.24) is 0 Å². The molecule has 0 unspecified atom stereocenters. The van der Waals surface area contributed by atoms with Gasteiger partial charge in [-0.1, -0.05) is 0 Å². The van der Waals surface area contributed by atoms with Gasteiger partial charge in [-0.2, -0.15) is 0 Å². The van der Waals surface area contributed by atoms with Gasteiger partial charge in [0.2, 0.25) is 0 Å². The molecular formula is C8H16O4. The number of hydrogen-bond acceptors (Lipinski definition) is 4. The number of carbonyl (C=O) groups is 1. The summed E-state index contributed by atoms with van der Waals surface area (Å²) in [7, 11) is 0. The molecule has 4 heteroatoms. The van der Waals surface area contributed by atoms with E-state index in [0.717, 1.165) is 0 Å². The zero-order valence-corrected chi connectivity index (χ0v) is 7.23. The fraction of sp³-hybridized carbons (Fsp3) is 0.875. The fourth-order valence-electron chi connectivity index (χ4n) is 0.874. The van der Waals surface area contributed by atoms with E-state index in [1.165, 1.54) is 6.92 Å². The fourth-order valence-corrected chi connectivity index (χ4v) is 0.874. The second kappa shape index (κ2) is 6.11. The summed E-state index contributed by atoms with van der Waals surface area (Å²) in [5.74, 6) is 0.0701. The highest BCUT2D eigenvalue weighted by Gasteiger charge is 2.14. The van der Waals surface area contributed by atoms with Crippen LogP contribution < -0.4 is 0 Å². The molecule has 0 saturated carbocycles. The topological polar surface area (TPSA) is 77.8 Å². The van der Waals surface area contributed by atoms with Crippen LogP contribution in [0, 0.1) is 0 Å². The van der Waals surface area contributed by atoms with Crippen LogP contribution in [0.3, 0.4) is 0 Å². The van der Waals surface area contributed by atoms with Crippen LogP contribution in [0.1, 0.15) is 26.2 Å². The van der Waals surface area contributed by atoms with Gasteiger partial charge in [0.05, 0.1) is 12.7 Å².